The fraction of sp³-hybridized carbons (Fsp3) is 0.333. The molecule has 35 heavy (non-hydrogen) atoms. The van der Waals surface area contributed by atoms with Gasteiger partial charge >= 0.3 is 5.97 Å². The summed E-state index contributed by atoms with van der Waals surface area (Å²) >= 11 is 4.19. The first-order chi connectivity index (χ1) is 16.7. The molecule has 11 nitrogen and oxygen atoms in total. The number of nitrogens with two attached hydrogens (primary N) is 1. The molecule has 3 amide bonds. The Kier molecular flexibility index (Phi) is 7.44. The van der Waals surface area contributed by atoms with Crippen LogP contribution in [0.2, 0.25) is 0 Å². The zero-order chi connectivity index (χ0) is 25.3. The van der Waals surface area contributed by atoms with E-state index in [0.29, 0.717) is 28.3 Å². The largest absolute Gasteiger partial charge is 0.477 e. The van der Waals surface area contributed by atoms with Crippen LogP contribution in [0.1, 0.15) is 23.5 Å². The van der Waals surface area contributed by atoms with E-state index in [4.69, 9.17) is 5.73 Å². The van der Waals surface area contributed by atoms with Gasteiger partial charge in [-0.05, 0) is 30.2 Å². The normalized spacial score (nSPS) is 20.1. The number of fused-ring (bicyclic) bond motifs is 1. The Bertz CT molecular complexity index is 1210. The van der Waals surface area contributed by atoms with E-state index in [9.17, 15) is 24.3 Å². The Morgan fingerprint density at radius 1 is 1.29 bits per heavy atom. The average molecular weight is 535 g/mol. The Balaban J connectivity index is 1.41. The second kappa shape index (κ2) is 10.4. The molecule has 184 valence electrons. The number of nitrogens with one attached hydrogen (secondary N) is 2. The van der Waals surface area contributed by atoms with Gasteiger partial charge < -0.3 is 21.5 Å². The number of benzene rings is 1. The minimum absolute atomic E-state index is 0.0455. The van der Waals surface area contributed by atoms with E-state index in [0.717, 1.165) is 9.35 Å². The second-order valence-corrected chi connectivity index (χ2v) is 11.3. The monoisotopic (exact) mass is 534 g/mol. The van der Waals surface area contributed by atoms with Crippen molar-refractivity contribution in [3.05, 3.63) is 46.1 Å². The van der Waals surface area contributed by atoms with Crippen molar-refractivity contribution in [3.63, 3.8) is 0 Å². The zero-order valence-electron chi connectivity index (χ0n) is 18.7. The number of rotatable bonds is 8. The Hall–Kier alpha value is -2.94. The molecule has 0 saturated carbocycles. The molecule has 1 saturated heterocycles. The third-order valence-corrected chi connectivity index (χ3v) is 8.70. The molecule has 4 rings (SSSR count). The lowest BCUT2D eigenvalue weighted by atomic mass is 10.0. The highest BCUT2D eigenvalue weighted by atomic mass is 32.2. The van der Waals surface area contributed by atoms with Gasteiger partial charge in [-0.15, -0.1) is 22.0 Å². The van der Waals surface area contributed by atoms with Gasteiger partial charge in [-0.3, -0.25) is 19.3 Å². The molecule has 2 aliphatic heterocycles. The molecule has 0 aliphatic carbocycles. The highest BCUT2D eigenvalue weighted by Gasteiger charge is 2.54. The molecule has 1 aromatic heterocycles. The van der Waals surface area contributed by atoms with Gasteiger partial charge in [0.2, 0.25) is 11.8 Å². The Labute approximate surface area is 212 Å². The number of carbonyl (C=O) groups is 4. The molecule has 2 aromatic rings. The van der Waals surface area contributed by atoms with Crippen molar-refractivity contribution >= 4 is 64.2 Å². The first kappa shape index (κ1) is 25.2. The van der Waals surface area contributed by atoms with Gasteiger partial charge in [-0.25, -0.2) is 4.79 Å². The predicted octanol–water partition coefficient (Wildman–Crippen LogP) is 1.34. The number of anilines is 1. The number of nitrogens with zero attached hydrogens (tertiary/aromatic N) is 3. The summed E-state index contributed by atoms with van der Waals surface area (Å²) < 4.78 is 0.728. The highest BCUT2D eigenvalue weighted by Crippen LogP contribution is 2.42. The van der Waals surface area contributed by atoms with E-state index in [1.807, 2.05) is 6.92 Å². The third kappa shape index (κ3) is 5.34. The lowest BCUT2D eigenvalue weighted by Gasteiger charge is -2.49. The van der Waals surface area contributed by atoms with Crippen LogP contribution >= 0.6 is 34.9 Å². The fourth-order valence-electron chi connectivity index (χ4n) is 3.65. The van der Waals surface area contributed by atoms with E-state index in [1.165, 1.54) is 46.7 Å². The fourth-order valence-corrected chi connectivity index (χ4v) is 6.95. The zero-order valence-corrected chi connectivity index (χ0v) is 21.1. The maximum atomic E-state index is 12.9. The molecular formula is C21H22N6O5S3. The number of β-lactam (4-membered cyclic amide) rings is 1. The highest BCUT2D eigenvalue weighted by molar-refractivity contribution is 8.01. The minimum Gasteiger partial charge on any atom is -0.477 e. The van der Waals surface area contributed by atoms with Crippen LogP contribution in [0.3, 0.4) is 0 Å². The number of carboxylic acid groups (broad SMARTS) is 1. The van der Waals surface area contributed by atoms with Gasteiger partial charge in [0.15, 0.2) is 4.34 Å². The van der Waals surface area contributed by atoms with E-state index >= 15 is 0 Å². The SMILES string of the molecule is CC(=O)Nc1ccc(C(N)C(=O)NC2C(=O)N3C(C(=O)O)=C(CSc4nnc(C)s4)CS[C@H]23)cc1. The number of thioether (sulfide) groups is 2. The smallest absolute Gasteiger partial charge is 0.352 e. The van der Waals surface area contributed by atoms with Crippen LogP contribution in [0.15, 0.2) is 39.9 Å². The summed E-state index contributed by atoms with van der Waals surface area (Å²) in [5.41, 5.74) is 7.73. The number of aliphatic carboxylic acids is 1. The van der Waals surface area contributed by atoms with Crippen molar-refractivity contribution in [2.75, 3.05) is 16.8 Å². The predicted molar refractivity (Wildman–Crippen MR) is 133 cm³/mol. The number of hydrogen-bond donors (Lipinski definition) is 4. The molecule has 2 aliphatic rings. The third-order valence-electron chi connectivity index (χ3n) is 5.30. The van der Waals surface area contributed by atoms with Crippen LogP contribution in [-0.4, -0.2) is 66.8 Å². The molecule has 1 aromatic carbocycles. The van der Waals surface area contributed by atoms with Crippen molar-refractivity contribution in [2.45, 2.75) is 35.6 Å². The molecule has 2 unspecified atom stereocenters. The summed E-state index contributed by atoms with van der Waals surface area (Å²) in [6.07, 6.45) is 0. The van der Waals surface area contributed by atoms with Gasteiger partial charge in [-0.1, -0.05) is 35.2 Å². The number of carboxylic acids is 1. The summed E-state index contributed by atoms with van der Waals surface area (Å²) in [5, 5.41) is 23.4. The number of carbonyl (C=O) groups excluding carboxylic acids is 3. The Morgan fingerprint density at radius 2 is 2.00 bits per heavy atom. The summed E-state index contributed by atoms with van der Waals surface area (Å²) in [6, 6.07) is 4.59. The van der Waals surface area contributed by atoms with Crippen LogP contribution in [-0.2, 0) is 19.2 Å². The van der Waals surface area contributed by atoms with Crippen molar-refractivity contribution in [3.8, 4) is 0 Å². The van der Waals surface area contributed by atoms with Crippen molar-refractivity contribution < 1.29 is 24.3 Å². The molecule has 5 N–H and O–H groups in total. The first-order valence-corrected chi connectivity index (χ1v) is 13.3. The van der Waals surface area contributed by atoms with Gasteiger partial charge in [0, 0.05) is 24.1 Å². The lowest BCUT2D eigenvalue weighted by Crippen LogP contribution is -2.71. The lowest BCUT2D eigenvalue weighted by molar-refractivity contribution is -0.150. The van der Waals surface area contributed by atoms with Gasteiger partial charge in [0.25, 0.3) is 5.91 Å². The summed E-state index contributed by atoms with van der Waals surface area (Å²) in [7, 11) is 0. The summed E-state index contributed by atoms with van der Waals surface area (Å²) in [6.45, 7) is 3.23. The average Bonchev–Trinajstić information content (AvgIpc) is 3.24. The molecule has 14 heteroatoms. The molecule has 0 spiro atoms. The van der Waals surface area contributed by atoms with Crippen LogP contribution in [0.5, 0.6) is 0 Å². The topological polar surface area (TPSA) is 168 Å². The van der Waals surface area contributed by atoms with E-state index in [2.05, 4.69) is 20.8 Å². The van der Waals surface area contributed by atoms with Crippen LogP contribution in [0, 0.1) is 6.92 Å². The summed E-state index contributed by atoms with van der Waals surface area (Å²) in [5.74, 6) is -1.67. The number of aryl methyl sites for hydroxylation is 1. The minimum atomic E-state index is -1.19. The quantitative estimate of drug-likeness (QED) is 0.286. The van der Waals surface area contributed by atoms with Crippen LogP contribution in [0.25, 0.3) is 0 Å². The first-order valence-electron chi connectivity index (χ1n) is 10.4. The van der Waals surface area contributed by atoms with Gasteiger partial charge in [0.1, 0.15) is 28.2 Å². The molecule has 0 bridgehead atoms. The molecular weight excluding hydrogens is 512 g/mol. The maximum Gasteiger partial charge on any atom is 0.352 e. The molecule has 3 atom stereocenters. The second-order valence-electron chi connectivity index (χ2n) is 7.81. The molecule has 3 heterocycles. The maximum absolute atomic E-state index is 12.9. The van der Waals surface area contributed by atoms with Crippen LogP contribution < -0.4 is 16.4 Å². The van der Waals surface area contributed by atoms with E-state index in [1.54, 1.807) is 24.3 Å². The summed E-state index contributed by atoms with van der Waals surface area (Å²) in [4.78, 5) is 50.0. The van der Waals surface area contributed by atoms with Crippen molar-refractivity contribution in [1.82, 2.24) is 20.4 Å². The molecule has 0 radical (unpaired) electrons. The standard InChI is InChI=1S/C21H22N6O5S3/c1-9(28)23-13-5-3-11(4-6-13)14(22)17(29)24-15-18(30)27-16(20(31)32)12(7-33-19(15)27)8-34-21-26-25-10(2)35-21/h3-6,14-15,19H,7-8,22H2,1-2H3,(H,23,28)(H,24,29)(H,31,32)/t14?,15?,19-/m1/s1. The van der Waals surface area contributed by atoms with E-state index < -0.39 is 35.2 Å². The molecule has 1 fully saturated rings. The number of amides is 3. The van der Waals surface area contributed by atoms with Crippen LogP contribution in [0.4, 0.5) is 5.69 Å². The van der Waals surface area contributed by atoms with Crippen molar-refractivity contribution in [1.29, 1.82) is 0 Å². The number of hydrogen-bond acceptors (Lipinski definition) is 10. The van der Waals surface area contributed by atoms with Gasteiger partial charge in [-0.2, -0.15) is 0 Å². The van der Waals surface area contributed by atoms with Gasteiger partial charge in [0.05, 0.1) is 0 Å². The van der Waals surface area contributed by atoms with Crippen molar-refractivity contribution in [2.24, 2.45) is 5.73 Å². The number of aromatic nitrogens is 2. The Morgan fingerprint density at radius 3 is 2.60 bits per heavy atom. The van der Waals surface area contributed by atoms with E-state index in [-0.39, 0.29) is 11.6 Å².